The fourth-order valence-corrected chi connectivity index (χ4v) is 4.64. The molecule has 5 N–H and O–H groups in total. The van der Waals surface area contributed by atoms with Gasteiger partial charge in [0.15, 0.2) is 0 Å². The minimum Gasteiger partial charge on any atom is -0.457 e. The summed E-state index contributed by atoms with van der Waals surface area (Å²) in [4.78, 5) is 10.5. The van der Waals surface area contributed by atoms with Crippen molar-refractivity contribution in [2.75, 3.05) is 24.1 Å². The molecule has 0 saturated carbocycles. The molecule has 2 aromatic heterocycles. The second kappa shape index (κ2) is 11.4. The number of rotatable bonds is 9. The van der Waals surface area contributed by atoms with Crippen molar-refractivity contribution < 1.29 is 9.84 Å². The zero-order valence-electron chi connectivity index (χ0n) is 20.9. The lowest BCUT2D eigenvalue weighted by molar-refractivity contribution is -0.0225. The molecule has 9 heteroatoms. The predicted octanol–water partition coefficient (Wildman–Crippen LogP) is 4.18. The first kappa shape index (κ1) is 24.8. The standard InChI is InChI=1S/C28H33N7O2/c1-34-19-30-17-25(34)28(36)35-15-5-6-22(18-35)32-16-20-13-14-31-27(29)26(20)33-21-9-11-24(12-10-21)37-23-7-3-2-4-8-23/h2-4,7-14,17,19,22,28,32-33,36H,5-6,15-16,18H2,1H3,(H2,29,31)/t22-,28?/m1/s1. The molecule has 2 atom stereocenters. The van der Waals surface area contributed by atoms with Gasteiger partial charge >= 0.3 is 0 Å². The van der Waals surface area contributed by atoms with Crippen LogP contribution in [0.15, 0.2) is 79.4 Å². The minimum atomic E-state index is -0.667. The van der Waals surface area contributed by atoms with Crippen molar-refractivity contribution in [3.8, 4) is 11.5 Å². The van der Waals surface area contributed by atoms with E-state index in [1.807, 2.05) is 72.3 Å². The summed E-state index contributed by atoms with van der Waals surface area (Å²) in [5.41, 5.74) is 9.77. The molecule has 0 aliphatic carbocycles. The maximum atomic E-state index is 10.9. The number of imidazole rings is 1. The van der Waals surface area contributed by atoms with Gasteiger partial charge in [0, 0.05) is 44.6 Å². The Labute approximate surface area is 216 Å². The fraction of sp³-hybridized carbons (Fsp3) is 0.286. The summed E-state index contributed by atoms with van der Waals surface area (Å²) in [6, 6.07) is 19.7. The van der Waals surface area contributed by atoms with E-state index >= 15 is 0 Å². The SMILES string of the molecule is Cn1cncc1C(O)N1CCC[C@@H](NCc2ccnc(N)c2Nc2ccc(Oc3ccccc3)cc2)C1. The number of benzene rings is 2. The normalized spacial score (nSPS) is 16.9. The molecule has 1 aliphatic rings. The van der Waals surface area contributed by atoms with Crippen molar-refractivity contribution in [2.45, 2.75) is 31.7 Å². The number of aliphatic hydroxyl groups excluding tert-OH is 1. The summed E-state index contributed by atoms with van der Waals surface area (Å²) in [5, 5.41) is 17.9. The molecule has 9 nitrogen and oxygen atoms in total. The van der Waals surface area contributed by atoms with E-state index in [-0.39, 0.29) is 6.04 Å². The largest absolute Gasteiger partial charge is 0.457 e. The summed E-state index contributed by atoms with van der Waals surface area (Å²) in [6.07, 6.45) is 6.55. The zero-order valence-corrected chi connectivity index (χ0v) is 20.9. The van der Waals surface area contributed by atoms with E-state index < -0.39 is 6.23 Å². The van der Waals surface area contributed by atoms with E-state index in [4.69, 9.17) is 10.5 Å². The van der Waals surface area contributed by atoms with Gasteiger partial charge in [-0.3, -0.25) is 4.90 Å². The summed E-state index contributed by atoms with van der Waals surface area (Å²) < 4.78 is 7.75. The smallest absolute Gasteiger partial charge is 0.150 e. The number of aromatic nitrogens is 3. The van der Waals surface area contributed by atoms with Crippen LogP contribution in [0.2, 0.25) is 0 Å². The molecule has 1 saturated heterocycles. The van der Waals surface area contributed by atoms with Gasteiger partial charge in [-0.25, -0.2) is 9.97 Å². The first-order valence-corrected chi connectivity index (χ1v) is 12.5. The van der Waals surface area contributed by atoms with Gasteiger partial charge in [0.05, 0.1) is 23.9 Å². The van der Waals surface area contributed by atoms with Crippen LogP contribution in [0.1, 0.15) is 30.3 Å². The Kier molecular flexibility index (Phi) is 7.65. The Morgan fingerprint density at radius 3 is 2.65 bits per heavy atom. The lowest BCUT2D eigenvalue weighted by Crippen LogP contribution is -2.47. The third-order valence-electron chi connectivity index (χ3n) is 6.67. The summed E-state index contributed by atoms with van der Waals surface area (Å²) >= 11 is 0. The second-order valence-corrected chi connectivity index (χ2v) is 9.31. The van der Waals surface area contributed by atoms with E-state index in [0.717, 1.165) is 60.1 Å². The van der Waals surface area contributed by atoms with Crippen molar-refractivity contribution in [2.24, 2.45) is 7.05 Å². The summed E-state index contributed by atoms with van der Waals surface area (Å²) in [7, 11) is 1.90. The van der Waals surface area contributed by atoms with Crippen LogP contribution in [0.3, 0.4) is 0 Å². The minimum absolute atomic E-state index is 0.244. The van der Waals surface area contributed by atoms with Crippen molar-refractivity contribution >= 4 is 17.2 Å². The maximum absolute atomic E-state index is 10.9. The molecule has 0 amide bonds. The van der Waals surface area contributed by atoms with Gasteiger partial charge in [-0.2, -0.15) is 0 Å². The first-order valence-electron chi connectivity index (χ1n) is 12.5. The molecule has 4 aromatic rings. The predicted molar refractivity (Wildman–Crippen MR) is 144 cm³/mol. The molecule has 1 unspecified atom stereocenters. The van der Waals surface area contributed by atoms with Crippen LogP contribution in [-0.4, -0.2) is 43.7 Å². The number of nitrogens with two attached hydrogens (primary N) is 1. The topological polar surface area (TPSA) is 113 Å². The van der Waals surface area contributed by atoms with Gasteiger partial charge in [0.2, 0.25) is 0 Å². The van der Waals surface area contributed by atoms with Crippen LogP contribution >= 0.6 is 0 Å². The van der Waals surface area contributed by atoms with Crippen molar-refractivity contribution in [3.05, 3.63) is 90.6 Å². The Balaban J connectivity index is 1.21. The monoisotopic (exact) mass is 499 g/mol. The fourth-order valence-electron chi connectivity index (χ4n) is 4.64. The van der Waals surface area contributed by atoms with Crippen LogP contribution in [-0.2, 0) is 13.6 Å². The molecular weight excluding hydrogens is 466 g/mol. The third kappa shape index (κ3) is 6.08. The second-order valence-electron chi connectivity index (χ2n) is 9.31. The van der Waals surface area contributed by atoms with Gasteiger partial charge < -0.3 is 30.8 Å². The molecule has 192 valence electrons. The van der Waals surface area contributed by atoms with E-state index in [1.165, 1.54) is 0 Å². The average molecular weight is 500 g/mol. The highest BCUT2D eigenvalue weighted by Crippen LogP contribution is 2.29. The molecule has 3 heterocycles. The highest BCUT2D eigenvalue weighted by molar-refractivity contribution is 5.73. The van der Waals surface area contributed by atoms with Crippen molar-refractivity contribution in [3.63, 3.8) is 0 Å². The number of aliphatic hydroxyl groups is 1. The molecule has 0 radical (unpaired) electrons. The average Bonchev–Trinajstić information content (AvgIpc) is 3.36. The van der Waals surface area contributed by atoms with Gasteiger partial charge in [0.1, 0.15) is 23.5 Å². The number of pyridine rings is 1. The molecule has 2 aromatic carbocycles. The zero-order chi connectivity index (χ0) is 25.6. The molecule has 0 spiro atoms. The van der Waals surface area contributed by atoms with Gasteiger partial charge in [-0.05, 0) is 60.9 Å². The molecule has 37 heavy (non-hydrogen) atoms. The van der Waals surface area contributed by atoms with Gasteiger partial charge in [-0.15, -0.1) is 0 Å². The number of likely N-dealkylation sites (tertiary alicyclic amines) is 1. The van der Waals surface area contributed by atoms with Crippen LogP contribution in [0, 0.1) is 0 Å². The Bertz CT molecular complexity index is 1290. The number of ether oxygens (including phenoxy) is 1. The number of hydrogen-bond donors (Lipinski definition) is 4. The molecule has 1 aliphatic heterocycles. The highest BCUT2D eigenvalue weighted by atomic mass is 16.5. The van der Waals surface area contributed by atoms with Crippen molar-refractivity contribution in [1.82, 2.24) is 24.8 Å². The number of hydrogen-bond acceptors (Lipinski definition) is 8. The Morgan fingerprint density at radius 1 is 1.11 bits per heavy atom. The molecule has 1 fully saturated rings. The van der Waals surface area contributed by atoms with Gasteiger partial charge in [-0.1, -0.05) is 18.2 Å². The van der Waals surface area contributed by atoms with E-state index in [0.29, 0.717) is 12.4 Å². The number of anilines is 3. The quantitative estimate of drug-likeness (QED) is 0.271. The lowest BCUT2D eigenvalue weighted by atomic mass is 10.0. The summed E-state index contributed by atoms with van der Waals surface area (Å²) in [5.74, 6) is 2.00. The number of nitrogens with zero attached hydrogens (tertiary/aromatic N) is 4. The number of aryl methyl sites for hydroxylation is 1. The van der Waals surface area contributed by atoms with E-state index in [1.54, 1.807) is 18.7 Å². The van der Waals surface area contributed by atoms with Crippen molar-refractivity contribution in [1.29, 1.82) is 0 Å². The lowest BCUT2D eigenvalue weighted by Gasteiger charge is -2.36. The third-order valence-corrected chi connectivity index (χ3v) is 6.67. The summed E-state index contributed by atoms with van der Waals surface area (Å²) in [6.45, 7) is 2.23. The first-order chi connectivity index (χ1) is 18.1. The Morgan fingerprint density at radius 2 is 1.89 bits per heavy atom. The van der Waals surface area contributed by atoms with Gasteiger partial charge in [0.25, 0.3) is 0 Å². The maximum Gasteiger partial charge on any atom is 0.150 e. The molecule has 5 rings (SSSR count). The van der Waals surface area contributed by atoms with Crippen LogP contribution in [0.25, 0.3) is 0 Å². The molecular formula is C28H33N7O2. The number of nitrogen functional groups attached to an aromatic ring is 1. The van der Waals surface area contributed by atoms with Crippen LogP contribution in [0.5, 0.6) is 11.5 Å². The number of nitrogens with one attached hydrogen (secondary N) is 2. The number of para-hydroxylation sites is 1. The molecule has 0 bridgehead atoms. The van der Waals surface area contributed by atoms with Crippen LogP contribution in [0.4, 0.5) is 17.2 Å². The Hall–Kier alpha value is -3.92. The van der Waals surface area contributed by atoms with E-state index in [9.17, 15) is 5.11 Å². The van der Waals surface area contributed by atoms with Crippen LogP contribution < -0.4 is 21.1 Å². The van der Waals surface area contributed by atoms with E-state index in [2.05, 4.69) is 25.5 Å². The number of piperidine rings is 1. The highest BCUT2D eigenvalue weighted by Gasteiger charge is 2.27.